The Morgan fingerprint density at radius 1 is 1.20 bits per heavy atom. The fourth-order valence-electron chi connectivity index (χ4n) is 2.01. The maximum absolute atomic E-state index is 6.16. The van der Waals surface area contributed by atoms with Crippen molar-refractivity contribution < 1.29 is 4.74 Å². The van der Waals surface area contributed by atoms with E-state index in [4.69, 9.17) is 22.1 Å². The molecule has 0 aliphatic heterocycles. The van der Waals surface area contributed by atoms with Crippen LogP contribution < -0.4 is 10.5 Å². The maximum Gasteiger partial charge on any atom is 0.123 e. The van der Waals surface area contributed by atoms with Gasteiger partial charge in [-0.1, -0.05) is 43.6 Å². The Balaban J connectivity index is 2.20. The summed E-state index contributed by atoms with van der Waals surface area (Å²) in [4.78, 5) is 0. The van der Waals surface area contributed by atoms with Crippen LogP contribution >= 0.6 is 11.6 Å². The second-order valence-electron chi connectivity index (χ2n) is 5.28. The first-order chi connectivity index (χ1) is 9.49. The monoisotopic (exact) mass is 289 g/mol. The molecule has 0 amide bonds. The van der Waals surface area contributed by atoms with Crippen LogP contribution in [-0.4, -0.2) is 0 Å². The Bertz CT molecular complexity index is 588. The zero-order chi connectivity index (χ0) is 14.7. The van der Waals surface area contributed by atoms with Gasteiger partial charge in [-0.15, -0.1) is 0 Å². The van der Waals surface area contributed by atoms with Crippen molar-refractivity contribution in [2.75, 3.05) is 5.73 Å². The van der Waals surface area contributed by atoms with E-state index in [0.29, 0.717) is 23.2 Å². The third-order valence-electron chi connectivity index (χ3n) is 3.41. The van der Waals surface area contributed by atoms with Crippen molar-refractivity contribution in [1.29, 1.82) is 0 Å². The number of nitrogens with two attached hydrogens (primary N) is 1. The van der Waals surface area contributed by atoms with Crippen LogP contribution in [0, 0.1) is 6.92 Å². The molecular formula is C17H20ClNO. The van der Waals surface area contributed by atoms with Gasteiger partial charge in [0.25, 0.3) is 0 Å². The van der Waals surface area contributed by atoms with E-state index in [-0.39, 0.29) is 0 Å². The van der Waals surface area contributed by atoms with Gasteiger partial charge >= 0.3 is 0 Å². The minimum Gasteiger partial charge on any atom is -0.488 e. The van der Waals surface area contributed by atoms with Crippen molar-refractivity contribution in [2.45, 2.75) is 33.3 Å². The van der Waals surface area contributed by atoms with E-state index >= 15 is 0 Å². The van der Waals surface area contributed by atoms with Crippen molar-refractivity contribution >= 4 is 17.3 Å². The fraction of sp³-hybridized carbons (Fsp3) is 0.294. The SMILES string of the molecule is Cc1ccc(C(C)C)cc1OCc1c(N)cccc1Cl. The molecule has 0 saturated heterocycles. The lowest BCUT2D eigenvalue weighted by Gasteiger charge is -2.14. The molecule has 0 bridgehead atoms. The number of hydrogen-bond donors (Lipinski definition) is 1. The van der Waals surface area contributed by atoms with Gasteiger partial charge < -0.3 is 10.5 Å². The predicted molar refractivity (Wildman–Crippen MR) is 85.5 cm³/mol. The lowest BCUT2D eigenvalue weighted by molar-refractivity contribution is 0.304. The highest BCUT2D eigenvalue weighted by Crippen LogP contribution is 2.27. The van der Waals surface area contributed by atoms with Gasteiger partial charge in [0.15, 0.2) is 0 Å². The van der Waals surface area contributed by atoms with Gasteiger partial charge in [-0.25, -0.2) is 0 Å². The Morgan fingerprint density at radius 3 is 2.60 bits per heavy atom. The number of benzene rings is 2. The van der Waals surface area contributed by atoms with Crippen LogP contribution in [0.25, 0.3) is 0 Å². The summed E-state index contributed by atoms with van der Waals surface area (Å²) in [5, 5.41) is 0.641. The van der Waals surface area contributed by atoms with Crippen molar-refractivity contribution in [3.63, 3.8) is 0 Å². The Kier molecular flexibility index (Phi) is 4.56. The minimum atomic E-state index is 0.383. The van der Waals surface area contributed by atoms with Crippen molar-refractivity contribution in [3.05, 3.63) is 58.1 Å². The van der Waals surface area contributed by atoms with Gasteiger partial charge in [0.05, 0.1) is 0 Å². The standard InChI is InChI=1S/C17H20ClNO/c1-11(2)13-8-7-12(3)17(9-13)20-10-14-15(18)5-4-6-16(14)19/h4-9,11H,10,19H2,1-3H3. The first-order valence-electron chi connectivity index (χ1n) is 6.75. The largest absolute Gasteiger partial charge is 0.488 e. The molecule has 2 aromatic carbocycles. The van der Waals surface area contributed by atoms with E-state index in [9.17, 15) is 0 Å². The lowest BCUT2D eigenvalue weighted by Crippen LogP contribution is -2.02. The second-order valence-corrected chi connectivity index (χ2v) is 5.68. The van der Waals surface area contributed by atoms with Crippen LogP contribution in [0.15, 0.2) is 36.4 Å². The second kappa shape index (κ2) is 6.19. The van der Waals surface area contributed by atoms with Gasteiger partial charge in [0.1, 0.15) is 12.4 Å². The molecule has 0 spiro atoms. The molecule has 3 heteroatoms. The first-order valence-corrected chi connectivity index (χ1v) is 7.13. The Hall–Kier alpha value is -1.67. The van der Waals surface area contributed by atoms with Gasteiger partial charge in [-0.2, -0.15) is 0 Å². The fourth-order valence-corrected chi connectivity index (χ4v) is 2.25. The number of halogens is 1. The summed E-state index contributed by atoms with van der Waals surface area (Å²) in [5.41, 5.74) is 9.81. The van der Waals surface area contributed by atoms with Crippen LogP contribution in [0.3, 0.4) is 0 Å². The zero-order valence-electron chi connectivity index (χ0n) is 12.1. The van der Waals surface area contributed by atoms with Gasteiger partial charge in [0.2, 0.25) is 0 Å². The molecule has 2 nitrogen and oxygen atoms in total. The molecule has 20 heavy (non-hydrogen) atoms. The molecule has 0 aliphatic rings. The third kappa shape index (κ3) is 3.26. The summed E-state index contributed by atoms with van der Waals surface area (Å²) in [5.74, 6) is 1.36. The highest BCUT2D eigenvalue weighted by Gasteiger charge is 2.08. The van der Waals surface area contributed by atoms with Crippen LogP contribution in [0.1, 0.15) is 36.5 Å². The molecule has 0 radical (unpaired) electrons. The highest BCUT2D eigenvalue weighted by molar-refractivity contribution is 6.31. The molecule has 2 N–H and O–H groups in total. The van der Waals surface area contributed by atoms with E-state index in [1.165, 1.54) is 5.56 Å². The number of rotatable bonds is 4. The van der Waals surface area contributed by atoms with E-state index < -0.39 is 0 Å². The van der Waals surface area contributed by atoms with E-state index in [2.05, 4.69) is 32.0 Å². The summed E-state index contributed by atoms with van der Waals surface area (Å²) >= 11 is 6.16. The average molecular weight is 290 g/mol. The van der Waals surface area contributed by atoms with Crippen LogP contribution in [0.4, 0.5) is 5.69 Å². The van der Waals surface area contributed by atoms with Crippen molar-refractivity contribution in [3.8, 4) is 5.75 Å². The number of nitrogen functional groups attached to an aromatic ring is 1. The quantitative estimate of drug-likeness (QED) is 0.810. The highest BCUT2D eigenvalue weighted by atomic mass is 35.5. The zero-order valence-corrected chi connectivity index (χ0v) is 12.9. The van der Waals surface area contributed by atoms with Gasteiger partial charge in [-0.05, 0) is 42.2 Å². The molecule has 0 aliphatic carbocycles. The van der Waals surface area contributed by atoms with E-state index in [0.717, 1.165) is 16.9 Å². The molecule has 0 unspecified atom stereocenters. The van der Waals surface area contributed by atoms with Gasteiger partial charge in [0, 0.05) is 16.3 Å². The molecule has 0 aromatic heterocycles. The topological polar surface area (TPSA) is 35.2 Å². The average Bonchev–Trinajstić information content (AvgIpc) is 2.39. The third-order valence-corrected chi connectivity index (χ3v) is 3.76. The first kappa shape index (κ1) is 14.7. The molecule has 0 heterocycles. The normalized spacial score (nSPS) is 10.8. The van der Waals surface area contributed by atoms with Crippen molar-refractivity contribution in [1.82, 2.24) is 0 Å². The number of anilines is 1. The lowest BCUT2D eigenvalue weighted by atomic mass is 10.0. The Morgan fingerprint density at radius 2 is 1.95 bits per heavy atom. The van der Waals surface area contributed by atoms with E-state index in [1.54, 1.807) is 0 Å². The minimum absolute atomic E-state index is 0.383. The van der Waals surface area contributed by atoms with E-state index in [1.807, 2.05) is 25.1 Å². The molecule has 0 fully saturated rings. The molecule has 2 rings (SSSR count). The molecule has 0 saturated carbocycles. The molecule has 106 valence electrons. The van der Waals surface area contributed by atoms with Crippen molar-refractivity contribution in [2.24, 2.45) is 0 Å². The van der Waals surface area contributed by atoms with Gasteiger partial charge in [-0.3, -0.25) is 0 Å². The molecule has 0 atom stereocenters. The number of hydrogen-bond acceptors (Lipinski definition) is 2. The maximum atomic E-state index is 6.16. The molecular weight excluding hydrogens is 270 g/mol. The smallest absolute Gasteiger partial charge is 0.123 e. The van der Waals surface area contributed by atoms with Crippen LogP contribution in [-0.2, 0) is 6.61 Å². The number of aryl methyl sites for hydroxylation is 1. The summed E-state index contributed by atoms with van der Waals surface area (Å²) in [6.45, 7) is 6.75. The summed E-state index contributed by atoms with van der Waals surface area (Å²) in [6.07, 6.45) is 0. The van der Waals surface area contributed by atoms with Crippen LogP contribution in [0.2, 0.25) is 5.02 Å². The van der Waals surface area contributed by atoms with Crippen LogP contribution in [0.5, 0.6) is 5.75 Å². The summed E-state index contributed by atoms with van der Waals surface area (Å²) < 4.78 is 5.91. The Labute approximate surface area is 125 Å². The summed E-state index contributed by atoms with van der Waals surface area (Å²) in [6, 6.07) is 11.8. The molecule has 2 aromatic rings. The predicted octanol–water partition coefficient (Wildman–Crippen LogP) is 4.93. The summed E-state index contributed by atoms with van der Waals surface area (Å²) in [7, 11) is 0. The number of ether oxygens (including phenoxy) is 1.